The molecule has 0 saturated heterocycles. The normalized spacial score (nSPS) is 9.38. The van der Waals surface area contributed by atoms with E-state index in [4.69, 9.17) is 5.26 Å². The highest BCUT2D eigenvalue weighted by molar-refractivity contribution is 9.10. The highest BCUT2D eigenvalue weighted by Gasteiger charge is 2.03. The molecule has 0 bridgehead atoms. The van der Waals surface area contributed by atoms with Crippen molar-refractivity contribution in [2.75, 3.05) is 11.9 Å². The van der Waals surface area contributed by atoms with E-state index < -0.39 is 0 Å². The van der Waals surface area contributed by atoms with Crippen molar-refractivity contribution in [3.63, 3.8) is 0 Å². The molecule has 0 fully saturated rings. The van der Waals surface area contributed by atoms with E-state index in [0.29, 0.717) is 6.54 Å². The first-order valence-electron chi connectivity index (χ1n) is 4.02. The lowest BCUT2D eigenvalue weighted by Gasteiger charge is -2.09. The lowest BCUT2D eigenvalue weighted by Crippen LogP contribution is -2.01. The molecule has 0 aliphatic carbocycles. The van der Waals surface area contributed by atoms with Gasteiger partial charge in [0.2, 0.25) is 0 Å². The summed E-state index contributed by atoms with van der Waals surface area (Å²) >= 11 is 3.46. The highest BCUT2D eigenvalue weighted by Crippen LogP contribution is 2.27. The smallest absolute Gasteiger partial charge is 0.103 e. The summed E-state index contributed by atoms with van der Waals surface area (Å²) in [4.78, 5) is 0. The van der Waals surface area contributed by atoms with Gasteiger partial charge in [-0.3, -0.25) is 0 Å². The van der Waals surface area contributed by atoms with E-state index in [2.05, 4.69) is 33.4 Å². The molecule has 0 spiro atoms. The number of aryl methyl sites for hydroxylation is 2. The summed E-state index contributed by atoms with van der Waals surface area (Å²) in [6.07, 6.45) is 0. The molecule has 0 atom stereocenters. The van der Waals surface area contributed by atoms with Crippen molar-refractivity contribution < 1.29 is 0 Å². The van der Waals surface area contributed by atoms with Crippen LogP contribution in [0.4, 0.5) is 5.69 Å². The van der Waals surface area contributed by atoms with E-state index in [0.717, 1.165) is 15.7 Å². The van der Waals surface area contributed by atoms with Crippen molar-refractivity contribution >= 4 is 21.6 Å². The maximum Gasteiger partial charge on any atom is 0.103 e. The van der Waals surface area contributed by atoms with Gasteiger partial charge in [0.1, 0.15) is 6.54 Å². The van der Waals surface area contributed by atoms with Crippen LogP contribution >= 0.6 is 15.9 Å². The first kappa shape index (κ1) is 10.1. The minimum absolute atomic E-state index is 0.336. The maximum absolute atomic E-state index is 8.44. The third-order valence-corrected chi connectivity index (χ3v) is 2.40. The molecule has 0 aliphatic rings. The largest absolute Gasteiger partial charge is 0.371 e. The molecule has 2 nitrogen and oxygen atoms in total. The molecule has 1 aromatic rings. The van der Waals surface area contributed by atoms with Crippen LogP contribution in [0.3, 0.4) is 0 Å². The van der Waals surface area contributed by atoms with Gasteiger partial charge in [0, 0.05) is 4.47 Å². The first-order valence-corrected chi connectivity index (χ1v) is 4.82. The van der Waals surface area contributed by atoms with Crippen molar-refractivity contribution in [3.8, 4) is 6.07 Å². The van der Waals surface area contributed by atoms with Crippen LogP contribution in [-0.2, 0) is 0 Å². The second-order valence-corrected chi connectivity index (χ2v) is 3.80. The molecule has 0 saturated carbocycles. The molecule has 0 unspecified atom stereocenters. The Morgan fingerprint density at radius 3 is 2.69 bits per heavy atom. The van der Waals surface area contributed by atoms with Crippen LogP contribution in [0.25, 0.3) is 0 Å². The van der Waals surface area contributed by atoms with E-state index in [9.17, 15) is 0 Å². The van der Waals surface area contributed by atoms with Gasteiger partial charge in [0.25, 0.3) is 0 Å². The van der Waals surface area contributed by atoms with Crippen LogP contribution in [0, 0.1) is 25.2 Å². The lowest BCUT2D eigenvalue weighted by atomic mass is 10.1. The van der Waals surface area contributed by atoms with Crippen LogP contribution < -0.4 is 5.32 Å². The van der Waals surface area contributed by atoms with E-state index in [1.54, 1.807) is 0 Å². The fourth-order valence-electron chi connectivity index (χ4n) is 1.27. The van der Waals surface area contributed by atoms with Crippen molar-refractivity contribution in [1.29, 1.82) is 5.26 Å². The van der Waals surface area contributed by atoms with Gasteiger partial charge in [0.05, 0.1) is 11.8 Å². The monoisotopic (exact) mass is 238 g/mol. The van der Waals surface area contributed by atoms with Crippen molar-refractivity contribution in [2.24, 2.45) is 0 Å². The Labute approximate surface area is 86.7 Å². The second-order valence-electron chi connectivity index (χ2n) is 2.95. The van der Waals surface area contributed by atoms with Gasteiger partial charge >= 0.3 is 0 Å². The summed E-state index contributed by atoms with van der Waals surface area (Å²) in [5.41, 5.74) is 3.38. The molecule has 1 rings (SSSR count). The minimum Gasteiger partial charge on any atom is -0.371 e. The van der Waals surface area contributed by atoms with E-state index in [-0.39, 0.29) is 0 Å². The molecule has 0 amide bonds. The number of halogens is 1. The SMILES string of the molecule is Cc1cc(C)c(NCC#N)c(Br)c1. The molecular weight excluding hydrogens is 228 g/mol. The highest BCUT2D eigenvalue weighted by atomic mass is 79.9. The fraction of sp³-hybridized carbons (Fsp3) is 0.300. The molecule has 3 heteroatoms. The minimum atomic E-state index is 0.336. The zero-order valence-corrected chi connectivity index (χ0v) is 9.27. The number of anilines is 1. The standard InChI is InChI=1S/C10H11BrN2/c1-7-5-8(2)10(9(11)6-7)13-4-3-12/h5-6,13H,4H2,1-2H3. The molecular formula is C10H11BrN2. The molecule has 0 radical (unpaired) electrons. The van der Waals surface area contributed by atoms with Gasteiger partial charge in [0.15, 0.2) is 0 Å². The molecule has 0 heterocycles. The average Bonchev–Trinajstić information content (AvgIpc) is 2.02. The molecule has 1 aromatic carbocycles. The van der Waals surface area contributed by atoms with Crippen LogP contribution in [0.15, 0.2) is 16.6 Å². The molecule has 0 aliphatic heterocycles. The Bertz CT molecular complexity index is 329. The van der Waals surface area contributed by atoms with Crippen LogP contribution in [0.1, 0.15) is 11.1 Å². The van der Waals surface area contributed by atoms with Crippen molar-refractivity contribution in [3.05, 3.63) is 27.7 Å². The summed E-state index contributed by atoms with van der Waals surface area (Å²) in [6, 6.07) is 6.18. The van der Waals surface area contributed by atoms with Gasteiger partial charge in [-0.1, -0.05) is 6.07 Å². The third-order valence-electron chi connectivity index (χ3n) is 1.78. The Morgan fingerprint density at radius 1 is 1.46 bits per heavy atom. The lowest BCUT2D eigenvalue weighted by molar-refractivity contribution is 1.27. The summed E-state index contributed by atoms with van der Waals surface area (Å²) in [5.74, 6) is 0. The number of hydrogen-bond donors (Lipinski definition) is 1. The van der Waals surface area contributed by atoms with Crippen LogP contribution in [0.2, 0.25) is 0 Å². The molecule has 13 heavy (non-hydrogen) atoms. The van der Waals surface area contributed by atoms with Gasteiger partial charge in [-0.05, 0) is 47.0 Å². The zero-order chi connectivity index (χ0) is 9.84. The Morgan fingerprint density at radius 2 is 2.15 bits per heavy atom. The quantitative estimate of drug-likeness (QED) is 0.805. The Hall–Kier alpha value is -1.01. The van der Waals surface area contributed by atoms with E-state index in [1.165, 1.54) is 5.56 Å². The number of rotatable bonds is 2. The fourth-order valence-corrected chi connectivity index (χ4v) is 2.08. The van der Waals surface area contributed by atoms with Gasteiger partial charge in [-0.2, -0.15) is 5.26 Å². The maximum atomic E-state index is 8.44. The van der Waals surface area contributed by atoms with Crippen molar-refractivity contribution in [2.45, 2.75) is 13.8 Å². The predicted molar refractivity (Wildman–Crippen MR) is 57.7 cm³/mol. The Kier molecular flexibility index (Phi) is 3.32. The summed E-state index contributed by atoms with van der Waals surface area (Å²) in [6.45, 7) is 4.41. The summed E-state index contributed by atoms with van der Waals surface area (Å²) in [7, 11) is 0. The molecule has 0 aromatic heterocycles. The van der Waals surface area contributed by atoms with E-state index in [1.807, 2.05) is 19.9 Å². The van der Waals surface area contributed by atoms with Gasteiger partial charge < -0.3 is 5.32 Å². The topological polar surface area (TPSA) is 35.8 Å². The van der Waals surface area contributed by atoms with Gasteiger partial charge in [-0.25, -0.2) is 0 Å². The van der Waals surface area contributed by atoms with Crippen LogP contribution in [-0.4, -0.2) is 6.54 Å². The molecule has 68 valence electrons. The summed E-state index contributed by atoms with van der Waals surface area (Å²) < 4.78 is 1.01. The van der Waals surface area contributed by atoms with Crippen molar-refractivity contribution in [1.82, 2.24) is 0 Å². The number of hydrogen-bond acceptors (Lipinski definition) is 2. The first-order chi connectivity index (χ1) is 6.15. The zero-order valence-electron chi connectivity index (χ0n) is 7.69. The second kappa shape index (κ2) is 4.29. The predicted octanol–water partition coefficient (Wildman–Crippen LogP) is 3.00. The number of nitrogens with one attached hydrogen (secondary N) is 1. The number of benzene rings is 1. The van der Waals surface area contributed by atoms with Crippen LogP contribution in [0.5, 0.6) is 0 Å². The van der Waals surface area contributed by atoms with E-state index >= 15 is 0 Å². The third kappa shape index (κ3) is 2.46. The number of nitrogens with zero attached hydrogens (tertiary/aromatic N) is 1. The van der Waals surface area contributed by atoms with Gasteiger partial charge in [-0.15, -0.1) is 0 Å². The number of nitriles is 1. The summed E-state index contributed by atoms with van der Waals surface area (Å²) in [5, 5.41) is 11.5. The molecule has 1 N–H and O–H groups in total. The average molecular weight is 239 g/mol. The Balaban J connectivity index is 3.00.